The molecule has 1 unspecified atom stereocenters. The lowest BCUT2D eigenvalue weighted by Gasteiger charge is -2.18. The molecule has 4 nitrogen and oxygen atoms in total. The maximum absolute atomic E-state index is 5.25. The first-order chi connectivity index (χ1) is 9.56. The van der Waals surface area contributed by atoms with Crippen molar-refractivity contribution in [2.45, 2.75) is 46.6 Å². The van der Waals surface area contributed by atoms with Crippen molar-refractivity contribution in [2.24, 2.45) is 5.92 Å². The molecule has 2 aromatic rings. The van der Waals surface area contributed by atoms with Crippen LogP contribution in [0.1, 0.15) is 39.2 Å². The second-order valence-corrected chi connectivity index (χ2v) is 5.79. The molecule has 4 heteroatoms. The number of nitrogens with one attached hydrogen (secondary N) is 1. The Kier molecular flexibility index (Phi) is 4.77. The largest absolute Gasteiger partial charge is 0.423 e. The maximum Gasteiger partial charge on any atom is 0.247 e. The highest BCUT2D eigenvalue weighted by atomic mass is 16.4. The average molecular weight is 273 g/mol. The van der Waals surface area contributed by atoms with Crippen LogP contribution in [0.25, 0.3) is 11.5 Å². The average Bonchev–Trinajstić information content (AvgIpc) is 2.93. The highest BCUT2D eigenvalue weighted by Gasteiger charge is 2.09. The molecule has 1 N–H and O–H groups in total. The van der Waals surface area contributed by atoms with Crippen LogP contribution in [-0.4, -0.2) is 16.2 Å². The molecule has 0 bridgehead atoms. The number of rotatable bonds is 6. The van der Waals surface area contributed by atoms with Gasteiger partial charge in [-0.3, -0.25) is 0 Å². The van der Waals surface area contributed by atoms with E-state index >= 15 is 0 Å². The van der Waals surface area contributed by atoms with Crippen LogP contribution in [0.5, 0.6) is 0 Å². The molecule has 0 fully saturated rings. The van der Waals surface area contributed by atoms with Gasteiger partial charge >= 0.3 is 0 Å². The van der Waals surface area contributed by atoms with E-state index in [-0.39, 0.29) is 0 Å². The van der Waals surface area contributed by atoms with Gasteiger partial charge < -0.3 is 9.73 Å². The molecule has 1 atom stereocenters. The first-order valence-corrected chi connectivity index (χ1v) is 7.20. The molecule has 20 heavy (non-hydrogen) atoms. The fourth-order valence-electron chi connectivity index (χ4n) is 2.13. The van der Waals surface area contributed by atoms with Crippen LogP contribution < -0.4 is 5.32 Å². The van der Waals surface area contributed by atoms with E-state index in [0.717, 1.165) is 17.2 Å². The van der Waals surface area contributed by atoms with Crippen LogP contribution >= 0.6 is 0 Å². The predicted octanol–water partition coefficient (Wildman–Crippen LogP) is 4.28. The van der Waals surface area contributed by atoms with Gasteiger partial charge in [-0.25, -0.2) is 0 Å². The number of benzene rings is 1. The van der Waals surface area contributed by atoms with Gasteiger partial charge in [0.1, 0.15) is 0 Å². The topological polar surface area (TPSA) is 51.0 Å². The smallest absolute Gasteiger partial charge is 0.247 e. The third-order valence-electron chi connectivity index (χ3n) is 3.42. The number of aromatic nitrogens is 2. The van der Waals surface area contributed by atoms with Crippen molar-refractivity contribution in [3.05, 3.63) is 30.2 Å². The fraction of sp³-hybridized carbons (Fsp3) is 0.500. The van der Waals surface area contributed by atoms with Crippen molar-refractivity contribution in [2.75, 3.05) is 5.32 Å². The van der Waals surface area contributed by atoms with E-state index < -0.39 is 0 Å². The molecule has 0 saturated heterocycles. The molecule has 0 aliphatic heterocycles. The van der Waals surface area contributed by atoms with E-state index in [1.54, 1.807) is 0 Å². The highest BCUT2D eigenvalue weighted by molar-refractivity contribution is 5.64. The third-order valence-corrected chi connectivity index (χ3v) is 3.42. The molecule has 1 aromatic heterocycles. The Bertz CT molecular complexity index is 535. The number of nitrogens with zero attached hydrogens (tertiary/aromatic N) is 2. The molecule has 0 amide bonds. The zero-order chi connectivity index (χ0) is 14.5. The molecule has 1 heterocycles. The van der Waals surface area contributed by atoms with Crippen LogP contribution in [0.15, 0.2) is 29.0 Å². The summed E-state index contributed by atoms with van der Waals surface area (Å²) >= 11 is 0. The maximum atomic E-state index is 5.25. The molecule has 108 valence electrons. The second-order valence-electron chi connectivity index (χ2n) is 5.79. The summed E-state index contributed by atoms with van der Waals surface area (Å²) in [5.74, 6) is 1.30. The van der Waals surface area contributed by atoms with Crippen molar-refractivity contribution < 1.29 is 4.42 Å². The highest BCUT2D eigenvalue weighted by Crippen LogP contribution is 2.25. The molecule has 0 spiro atoms. The number of hydrogen-bond donors (Lipinski definition) is 1. The van der Waals surface area contributed by atoms with E-state index in [9.17, 15) is 0 Å². The molecular formula is C16H23N3O. The van der Waals surface area contributed by atoms with Gasteiger partial charge in [0.15, 0.2) is 0 Å². The summed E-state index contributed by atoms with van der Waals surface area (Å²) in [5, 5.41) is 11.3. The van der Waals surface area contributed by atoms with Gasteiger partial charge in [-0.15, -0.1) is 10.2 Å². The van der Waals surface area contributed by atoms with Gasteiger partial charge in [-0.1, -0.05) is 19.9 Å². The summed E-state index contributed by atoms with van der Waals surface area (Å²) < 4.78 is 5.25. The molecule has 2 rings (SSSR count). The molecule has 1 aromatic carbocycles. The van der Waals surface area contributed by atoms with Crippen LogP contribution in [0.3, 0.4) is 0 Å². The number of anilines is 1. The van der Waals surface area contributed by atoms with Gasteiger partial charge in [0.2, 0.25) is 12.3 Å². The van der Waals surface area contributed by atoms with Gasteiger partial charge in [-0.05, 0) is 50.3 Å². The van der Waals surface area contributed by atoms with Gasteiger partial charge in [0, 0.05) is 17.3 Å². The zero-order valence-corrected chi connectivity index (χ0v) is 12.7. The van der Waals surface area contributed by atoms with Crippen LogP contribution in [-0.2, 0) is 0 Å². The van der Waals surface area contributed by atoms with Crippen molar-refractivity contribution >= 4 is 5.69 Å². The van der Waals surface area contributed by atoms with Gasteiger partial charge in [-0.2, -0.15) is 0 Å². The van der Waals surface area contributed by atoms with E-state index in [0.29, 0.717) is 11.9 Å². The minimum absolute atomic E-state index is 0.453. The van der Waals surface area contributed by atoms with Crippen molar-refractivity contribution in [3.8, 4) is 11.5 Å². The lowest BCUT2D eigenvalue weighted by molar-refractivity contribution is 0.527. The quantitative estimate of drug-likeness (QED) is 0.853. The van der Waals surface area contributed by atoms with E-state index in [1.807, 2.05) is 6.07 Å². The minimum atomic E-state index is 0.453. The van der Waals surface area contributed by atoms with Crippen LogP contribution in [0.4, 0.5) is 5.69 Å². The van der Waals surface area contributed by atoms with E-state index in [2.05, 4.69) is 55.3 Å². The Balaban J connectivity index is 2.09. The Morgan fingerprint density at radius 1 is 1.20 bits per heavy atom. The third kappa shape index (κ3) is 3.83. The monoisotopic (exact) mass is 273 g/mol. The van der Waals surface area contributed by atoms with Gasteiger partial charge in [0.05, 0.1) is 0 Å². The number of hydrogen-bond acceptors (Lipinski definition) is 4. The van der Waals surface area contributed by atoms with Crippen LogP contribution in [0, 0.1) is 12.8 Å². The molecule has 0 aliphatic rings. The zero-order valence-electron chi connectivity index (χ0n) is 12.7. The number of aryl methyl sites for hydroxylation is 1. The minimum Gasteiger partial charge on any atom is -0.423 e. The first kappa shape index (κ1) is 14.6. The standard InChI is InChI=1S/C16H23N3O/c1-11(2)5-7-13(4)18-15-9-14(8-6-12(15)3)16-19-17-10-20-16/h6,8-11,13,18H,5,7H2,1-4H3. The summed E-state index contributed by atoms with van der Waals surface area (Å²) in [4.78, 5) is 0. The fourth-order valence-corrected chi connectivity index (χ4v) is 2.13. The summed E-state index contributed by atoms with van der Waals surface area (Å²) in [5.41, 5.74) is 3.31. The Labute approximate surface area is 120 Å². The molecule has 0 radical (unpaired) electrons. The Morgan fingerprint density at radius 3 is 2.65 bits per heavy atom. The second kappa shape index (κ2) is 6.55. The van der Waals surface area contributed by atoms with Crippen molar-refractivity contribution in [3.63, 3.8) is 0 Å². The lowest BCUT2D eigenvalue weighted by Crippen LogP contribution is -2.16. The summed E-state index contributed by atoms with van der Waals surface area (Å²) in [7, 11) is 0. The molecule has 0 aliphatic carbocycles. The lowest BCUT2D eigenvalue weighted by atomic mass is 10.0. The Morgan fingerprint density at radius 2 is 2.00 bits per heavy atom. The SMILES string of the molecule is Cc1ccc(-c2nnco2)cc1NC(C)CCC(C)C. The summed E-state index contributed by atoms with van der Waals surface area (Å²) in [6, 6.07) is 6.62. The first-order valence-electron chi connectivity index (χ1n) is 7.20. The Hall–Kier alpha value is -1.84. The predicted molar refractivity (Wildman–Crippen MR) is 81.6 cm³/mol. The van der Waals surface area contributed by atoms with Gasteiger partial charge in [0.25, 0.3) is 0 Å². The normalized spacial score (nSPS) is 12.7. The molecular weight excluding hydrogens is 250 g/mol. The van der Waals surface area contributed by atoms with Crippen molar-refractivity contribution in [1.29, 1.82) is 0 Å². The van der Waals surface area contributed by atoms with E-state index in [1.165, 1.54) is 24.8 Å². The summed E-state index contributed by atoms with van der Waals surface area (Å²) in [6.45, 7) is 8.85. The molecule has 0 saturated carbocycles. The van der Waals surface area contributed by atoms with Crippen LogP contribution in [0.2, 0.25) is 0 Å². The van der Waals surface area contributed by atoms with Crippen molar-refractivity contribution in [1.82, 2.24) is 10.2 Å². The van der Waals surface area contributed by atoms with E-state index in [4.69, 9.17) is 4.42 Å². The summed E-state index contributed by atoms with van der Waals surface area (Å²) in [6.07, 6.45) is 3.76.